The summed E-state index contributed by atoms with van der Waals surface area (Å²) in [6, 6.07) is 5.18. The Morgan fingerprint density at radius 1 is 1.13 bits per heavy atom. The first kappa shape index (κ1) is 16.0. The summed E-state index contributed by atoms with van der Waals surface area (Å²) in [5, 5.41) is 0.964. The van der Waals surface area contributed by atoms with E-state index in [1.807, 2.05) is 0 Å². The van der Waals surface area contributed by atoms with E-state index in [-0.39, 0.29) is 6.54 Å². The zero-order valence-corrected chi connectivity index (χ0v) is 14.6. The van der Waals surface area contributed by atoms with Crippen LogP contribution in [0.4, 0.5) is 0 Å². The van der Waals surface area contributed by atoms with Gasteiger partial charge in [-0.2, -0.15) is 0 Å². The van der Waals surface area contributed by atoms with Crippen molar-refractivity contribution in [2.24, 2.45) is 14.1 Å². The van der Waals surface area contributed by atoms with Crippen LogP contribution in [0.15, 0.2) is 27.8 Å². The fraction of sp³-hybridized carbons (Fsp3) is 0.214. The number of halogens is 2. The van der Waals surface area contributed by atoms with Crippen LogP contribution in [0.1, 0.15) is 5.56 Å². The Morgan fingerprint density at radius 2 is 1.74 bits per heavy atom. The molecular formula is C14H12Cl2N4O2S. The lowest BCUT2D eigenvalue weighted by Gasteiger charge is -2.09. The van der Waals surface area contributed by atoms with Gasteiger partial charge in [0.25, 0.3) is 5.56 Å². The van der Waals surface area contributed by atoms with Gasteiger partial charge >= 0.3 is 5.69 Å². The number of aromatic nitrogens is 4. The Hall–Kier alpha value is -1.83. The molecule has 0 aliphatic carbocycles. The largest absolute Gasteiger partial charge is 0.332 e. The van der Waals surface area contributed by atoms with Crippen LogP contribution < -0.4 is 11.2 Å². The lowest BCUT2D eigenvalue weighted by molar-refractivity contribution is 0.702. The Kier molecular flexibility index (Phi) is 3.95. The number of aryl methyl sites for hydroxylation is 1. The molecule has 1 aromatic carbocycles. The summed E-state index contributed by atoms with van der Waals surface area (Å²) >= 11 is 17.7. The van der Waals surface area contributed by atoms with E-state index in [0.717, 1.165) is 4.57 Å². The second kappa shape index (κ2) is 5.67. The molecule has 0 amide bonds. The molecule has 23 heavy (non-hydrogen) atoms. The first-order valence-corrected chi connectivity index (χ1v) is 7.80. The standard InChI is InChI=1S/C14H12Cl2N4O2S/c1-18-11-10(12(21)19(2)14(18)22)20(13(23)17-11)6-7-8(15)4-3-5-9(7)16/h3-5H,6H2,1-2H3,(H,17,23). The maximum absolute atomic E-state index is 12.5. The smallest absolute Gasteiger partial charge is 0.316 e. The molecular weight excluding hydrogens is 359 g/mol. The molecule has 120 valence electrons. The van der Waals surface area contributed by atoms with Crippen molar-refractivity contribution in [3.05, 3.63) is 59.4 Å². The van der Waals surface area contributed by atoms with Crippen LogP contribution in [-0.2, 0) is 20.6 Å². The number of imidazole rings is 1. The third-order valence-corrected chi connectivity index (χ3v) is 4.79. The zero-order chi connectivity index (χ0) is 16.9. The van der Waals surface area contributed by atoms with E-state index in [1.165, 1.54) is 11.6 Å². The summed E-state index contributed by atoms with van der Waals surface area (Å²) < 4.78 is 4.29. The molecule has 0 saturated carbocycles. The third-order valence-electron chi connectivity index (χ3n) is 3.76. The summed E-state index contributed by atoms with van der Waals surface area (Å²) in [5.41, 5.74) is 0.464. The van der Waals surface area contributed by atoms with Crippen LogP contribution in [0.5, 0.6) is 0 Å². The van der Waals surface area contributed by atoms with Crippen molar-refractivity contribution in [2.45, 2.75) is 6.54 Å². The van der Waals surface area contributed by atoms with E-state index in [2.05, 4.69) is 4.98 Å². The molecule has 0 fully saturated rings. The number of nitrogens with one attached hydrogen (secondary N) is 1. The molecule has 0 spiro atoms. The van der Waals surface area contributed by atoms with Gasteiger partial charge in [-0.3, -0.25) is 13.9 Å². The lowest BCUT2D eigenvalue weighted by atomic mass is 10.2. The third kappa shape index (κ3) is 2.45. The monoisotopic (exact) mass is 370 g/mol. The normalized spacial score (nSPS) is 11.3. The molecule has 0 aliphatic heterocycles. The van der Waals surface area contributed by atoms with Crippen LogP contribution in [0.3, 0.4) is 0 Å². The number of hydrogen-bond donors (Lipinski definition) is 1. The van der Waals surface area contributed by atoms with Crippen molar-refractivity contribution < 1.29 is 0 Å². The summed E-state index contributed by atoms with van der Waals surface area (Å²) in [6.07, 6.45) is 0. The van der Waals surface area contributed by atoms with Crippen LogP contribution >= 0.6 is 35.4 Å². The van der Waals surface area contributed by atoms with Crippen molar-refractivity contribution in [3.8, 4) is 0 Å². The molecule has 0 unspecified atom stereocenters. The summed E-state index contributed by atoms with van der Waals surface area (Å²) in [6.45, 7) is 0.227. The molecule has 2 aromatic heterocycles. The Balaban J connectivity index is 2.36. The van der Waals surface area contributed by atoms with Gasteiger partial charge in [0.15, 0.2) is 10.3 Å². The highest BCUT2D eigenvalue weighted by Gasteiger charge is 2.17. The number of hydrogen-bond acceptors (Lipinski definition) is 3. The number of nitrogens with zero attached hydrogens (tertiary/aromatic N) is 3. The van der Waals surface area contributed by atoms with Gasteiger partial charge in [0.1, 0.15) is 5.65 Å². The van der Waals surface area contributed by atoms with Crippen molar-refractivity contribution in [1.82, 2.24) is 18.7 Å². The minimum absolute atomic E-state index is 0.227. The predicted octanol–water partition coefficient (Wildman–Crippen LogP) is 2.45. The molecule has 3 aromatic rings. The van der Waals surface area contributed by atoms with E-state index in [9.17, 15) is 9.59 Å². The van der Waals surface area contributed by atoms with E-state index in [0.29, 0.717) is 31.5 Å². The fourth-order valence-corrected chi connectivity index (χ4v) is 3.24. The maximum atomic E-state index is 12.5. The van der Waals surface area contributed by atoms with E-state index in [1.54, 1.807) is 29.8 Å². The Labute approximate surface area is 145 Å². The second-order valence-electron chi connectivity index (χ2n) is 5.12. The van der Waals surface area contributed by atoms with Crippen LogP contribution in [0.2, 0.25) is 10.0 Å². The van der Waals surface area contributed by atoms with Gasteiger partial charge in [0, 0.05) is 29.7 Å². The van der Waals surface area contributed by atoms with Gasteiger partial charge in [-0.25, -0.2) is 4.79 Å². The molecule has 9 heteroatoms. The number of benzene rings is 1. The number of aromatic amines is 1. The maximum Gasteiger partial charge on any atom is 0.332 e. The second-order valence-corrected chi connectivity index (χ2v) is 6.32. The summed E-state index contributed by atoms with van der Waals surface area (Å²) in [5.74, 6) is 0. The molecule has 0 radical (unpaired) electrons. The molecule has 1 N–H and O–H groups in total. The van der Waals surface area contributed by atoms with Gasteiger partial charge in [0.2, 0.25) is 0 Å². The topological polar surface area (TPSA) is 64.7 Å². The average molecular weight is 371 g/mol. The zero-order valence-electron chi connectivity index (χ0n) is 12.3. The summed E-state index contributed by atoms with van der Waals surface area (Å²) in [7, 11) is 3.00. The molecule has 0 saturated heterocycles. The van der Waals surface area contributed by atoms with Gasteiger partial charge < -0.3 is 9.55 Å². The number of H-pyrrole nitrogens is 1. The predicted molar refractivity (Wildman–Crippen MR) is 93.2 cm³/mol. The van der Waals surface area contributed by atoms with Gasteiger partial charge in [-0.1, -0.05) is 29.3 Å². The first-order chi connectivity index (χ1) is 10.8. The highest BCUT2D eigenvalue weighted by atomic mass is 35.5. The van der Waals surface area contributed by atoms with Crippen molar-refractivity contribution in [2.75, 3.05) is 0 Å². The average Bonchev–Trinajstić information content (AvgIpc) is 2.84. The van der Waals surface area contributed by atoms with E-state index >= 15 is 0 Å². The Bertz CT molecular complexity index is 1090. The first-order valence-electron chi connectivity index (χ1n) is 6.64. The van der Waals surface area contributed by atoms with Crippen LogP contribution in [-0.4, -0.2) is 18.7 Å². The minimum atomic E-state index is -0.432. The molecule has 6 nitrogen and oxygen atoms in total. The number of rotatable bonds is 2. The lowest BCUT2D eigenvalue weighted by Crippen LogP contribution is -2.37. The van der Waals surface area contributed by atoms with Crippen molar-refractivity contribution in [3.63, 3.8) is 0 Å². The molecule has 0 aliphatic rings. The molecule has 0 bridgehead atoms. The molecule has 3 rings (SSSR count). The summed E-state index contributed by atoms with van der Waals surface area (Å²) in [4.78, 5) is 27.4. The Morgan fingerprint density at radius 3 is 2.35 bits per heavy atom. The van der Waals surface area contributed by atoms with Crippen molar-refractivity contribution in [1.29, 1.82) is 0 Å². The van der Waals surface area contributed by atoms with Gasteiger partial charge in [-0.15, -0.1) is 0 Å². The van der Waals surface area contributed by atoms with E-state index in [4.69, 9.17) is 35.4 Å². The quantitative estimate of drug-likeness (QED) is 0.704. The van der Waals surface area contributed by atoms with Crippen LogP contribution in [0, 0.1) is 4.77 Å². The minimum Gasteiger partial charge on any atom is -0.316 e. The SMILES string of the molecule is Cn1c(=O)c2c([nH]c(=S)n2Cc2c(Cl)cccc2Cl)n(C)c1=O. The van der Waals surface area contributed by atoms with Crippen molar-refractivity contribution >= 4 is 46.6 Å². The molecule has 0 atom stereocenters. The van der Waals surface area contributed by atoms with Gasteiger partial charge in [0.05, 0.1) is 6.54 Å². The highest BCUT2D eigenvalue weighted by Crippen LogP contribution is 2.26. The van der Waals surface area contributed by atoms with Gasteiger partial charge in [-0.05, 0) is 24.4 Å². The van der Waals surface area contributed by atoms with Crippen LogP contribution in [0.25, 0.3) is 11.2 Å². The highest BCUT2D eigenvalue weighted by molar-refractivity contribution is 7.71. The fourth-order valence-electron chi connectivity index (χ4n) is 2.48. The number of fused-ring (bicyclic) bond motifs is 1. The van der Waals surface area contributed by atoms with E-state index < -0.39 is 11.2 Å². The molecule has 2 heterocycles.